The lowest BCUT2D eigenvalue weighted by Crippen LogP contribution is -2.28. The van der Waals surface area contributed by atoms with Gasteiger partial charge in [0.05, 0.1) is 6.61 Å². The maximum absolute atomic E-state index is 12.4. The Morgan fingerprint density at radius 2 is 0.566 bits per heavy atom. The molecule has 5 nitrogen and oxygen atoms in total. The van der Waals surface area contributed by atoms with E-state index in [9.17, 15) is 14.7 Å². The van der Waals surface area contributed by atoms with Gasteiger partial charge in [0.25, 0.3) is 0 Å². The molecule has 1 unspecified atom stereocenters. The molecule has 0 spiro atoms. The van der Waals surface area contributed by atoms with Crippen molar-refractivity contribution in [1.29, 1.82) is 0 Å². The lowest BCUT2D eigenvalue weighted by molar-refractivity contribution is -0.161. The monoisotopic (exact) mass is 1060 g/mol. The number of unbranched alkanes of at least 4 members (excludes halogenated alkanes) is 42. The molecule has 0 heterocycles. The first-order chi connectivity index (χ1) is 37.6. The lowest BCUT2D eigenvalue weighted by Gasteiger charge is -2.15. The van der Waals surface area contributed by atoms with Crippen LogP contribution in [0.3, 0.4) is 0 Å². The Balaban J connectivity index is 3.42. The number of hydrogen-bond donors (Lipinski definition) is 1. The molecule has 1 N–H and O–H groups in total. The van der Waals surface area contributed by atoms with Crippen LogP contribution in [-0.4, -0.2) is 36.4 Å². The van der Waals surface area contributed by atoms with E-state index in [0.717, 1.165) is 70.6 Å². The standard InChI is InChI=1S/C71H128O5/c1-3-5-7-9-11-13-15-17-19-21-23-25-27-29-30-31-32-33-34-35-36-37-38-39-40-42-44-46-48-50-52-54-56-58-60-62-64-66-71(74)76-69(67-72)68-75-70(73)65-63-61-59-57-55-53-51-49-47-45-43-41-28-26-24-22-20-18-16-14-12-10-8-6-4-2/h5,7,11,13,17,19,22-25,29-30,69,72H,3-4,6,8-10,12,14-16,18,20-21,26-28,31-68H2,1-2H3/b7-5-,13-11-,19-17-,24-22-,25-23-,30-29-. The average Bonchev–Trinajstić information content (AvgIpc) is 3.42. The zero-order valence-corrected chi connectivity index (χ0v) is 50.8. The second kappa shape index (κ2) is 66.6. The highest BCUT2D eigenvalue weighted by molar-refractivity contribution is 5.70. The van der Waals surface area contributed by atoms with Crippen LogP contribution in [0.1, 0.15) is 348 Å². The van der Waals surface area contributed by atoms with Gasteiger partial charge in [-0.25, -0.2) is 0 Å². The van der Waals surface area contributed by atoms with Crippen LogP contribution >= 0.6 is 0 Å². The van der Waals surface area contributed by atoms with E-state index in [-0.39, 0.29) is 25.2 Å². The predicted molar refractivity (Wildman–Crippen MR) is 334 cm³/mol. The summed E-state index contributed by atoms with van der Waals surface area (Å²) in [6.07, 6.45) is 92.1. The Kier molecular flexibility index (Phi) is 64.3. The number of esters is 2. The summed E-state index contributed by atoms with van der Waals surface area (Å²) in [6.45, 7) is 4.07. The molecule has 0 saturated heterocycles. The average molecular weight is 1060 g/mol. The normalized spacial score (nSPS) is 12.6. The second-order valence-corrected chi connectivity index (χ2v) is 22.5. The molecule has 0 aromatic rings. The molecule has 0 saturated carbocycles. The molecule has 442 valence electrons. The first kappa shape index (κ1) is 73.3. The van der Waals surface area contributed by atoms with Crippen LogP contribution in [0.4, 0.5) is 0 Å². The highest BCUT2D eigenvalue weighted by Gasteiger charge is 2.16. The first-order valence-electron chi connectivity index (χ1n) is 33.5. The van der Waals surface area contributed by atoms with Gasteiger partial charge < -0.3 is 14.6 Å². The van der Waals surface area contributed by atoms with Crippen LogP contribution in [-0.2, 0) is 19.1 Å². The number of aliphatic hydroxyl groups excluding tert-OH is 1. The highest BCUT2D eigenvalue weighted by atomic mass is 16.6. The van der Waals surface area contributed by atoms with Crippen molar-refractivity contribution >= 4 is 11.9 Å². The van der Waals surface area contributed by atoms with Crippen LogP contribution in [0.2, 0.25) is 0 Å². The van der Waals surface area contributed by atoms with E-state index >= 15 is 0 Å². The quantitative estimate of drug-likeness (QED) is 0.0373. The summed E-state index contributed by atoms with van der Waals surface area (Å²) in [6, 6.07) is 0. The van der Waals surface area contributed by atoms with Gasteiger partial charge in [-0.15, -0.1) is 0 Å². The van der Waals surface area contributed by atoms with Gasteiger partial charge >= 0.3 is 11.9 Å². The van der Waals surface area contributed by atoms with Gasteiger partial charge in [-0.05, 0) is 83.5 Å². The van der Waals surface area contributed by atoms with Gasteiger partial charge in [-0.1, -0.05) is 324 Å². The van der Waals surface area contributed by atoms with E-state index < -0.39 is 6.10 Å². The number of ether oxygens (including phenoxy) is 2. The molecule has 76 heavy (non-hydrogen) atoms. The third-order valence-corrected chi connectivity index (χ3v) is 15.0. The number of carbonyl (C=O) groups is 2. The Morgan fingerprint density at radius 1 is 0.316 bits per heavy atom. The lowest BCUT2D eigenvalue weighted by atomic mass is 10.0. The van der Waals surface area contributed by atoms with Crippen LogP contribution < -0.4 is 0 Å². The molecule has 0 aromatic carbocycles. The molecule has 0 rings (SSSR count). The molecule has 0 aliphatic carbocycles. The highest BCUT2D eigenvalue weighted by Crippen LogP contribution is 2.18. The summed E-state index contributed by atoms with van der Waals surface area (Å²) >= 11 is 0. The van der Waals surface area contributed by atoms with Gasteiger partial charge in [0.15, 0.2) is 6.10 Å². The third-order valence-electron chi connectivity index (χ3n) is 15.0. The molecule has 0 aliphatic heterocycles. The van der Waals surface area contributed by atoms with Crippen molar-refractivity contribution in [2.45, 2.75) is 354 Å². The minimum Gasteiger partial charge on any atom is -0.462 e. The Bertz CT molecular complexity index is 1340. The largest absolute Gasteiger partial charge is 0.462 e. The summed E-state index contributed by atoms with van der Waals surface area (Å²) in [7, 11) is 0. The van der Waals surface area contributed by atoms with E-state index in [1.807, 2.05) is 0 Å². The molecular formula is C71H128O5. The zero-order valence-electron chi connectivity index (χ0n) is 50.8. The smallest absolute Gasteiger partial charge is 0.306 e. The van der Waals surface area contributed by atoms with Crippen molar-refractivity contribution in [1.82, 2.24) is 0 Å². The number of allylic oxidation sites excluding steroid dienone is 12. The van der Waals surface area contributed by atoms with Crippen molar-refractivity contribution < 1.29 is 24.2 Å². The number of hydrogen-bond acceptors (Lipinski definition) is 5. The van der Waals surface area contributed by atoms with E-state index in [2.05, 4.69) is 86.8 Å². The van der Waals surface area contributed by atoms with E-state index in [4.69, 9.17) is 9.47 Å². The molecule has 0 aromatic heterocycles. The summed E-state index contributed by atoms with van der Waals surface area (Å²) in [4.78, 5) is 24.6. The van der Waals surface area contributed by atoms with Crippen LogP contribution in [0.25, 0.3) is 0 Å². The summed E-state index contributed by atoms with van der Waals surface area (Å²) in [5, 5.41) is 9.69. The van der Waals surface area contributed by atoms with Crippen molar-refractivity contribution in [3.05, 3.63) is 72.9 Å². The summed E-state index contributed by atoms with van der Waals surface area (Å²) in [5.74, 6) is -0.573. The van der Waals surface area contributed by atoms with E-state index in [1.54, 1.807) is 0 Å². The van der Waals surface area contributed by atoms with Gasteiger partial charge in [0, 0.05) is 12.8 Å². The molecule has 0 fully saturated rings. The second-order valence-electron chi connectivity index (χ2n) is 22.5. The minimum absolute atomic E-state index is 0.0624. The molecule has 0 amide bonds. The SMILES string of the molecule is CC/C=C\C/C=C\C/C=C\C/C=C\C/C=C\CCCCCCCCCCCCCCCCCCCCCCCC(=O)OC(CO)COC(=O)CCCCCCCCCCCCCCC/C=C\CCCCCCCCCC. The Hall–Kier alpha value is -2.66. The Morgan fingerprint density at radius 3 is 0.868 bits per heavy atom. The number of carbonyl (C=O) groups excluding carboxylic acids is 2. The minimum atomic E-state index is -0.772. The summed E-state index contributed by atoms with van der Waals surface area (Å²) < 4.78 is 10.8. The first-order valence-corrected chi connectivity index (χ1v) is 33.5. The number of aliphatic hydroxyl groups is 1. The number of rotatable bonds is 62. The molecule has 0 aliphatic rings. The van der Waals surface area contributed by atoms with Gasteiger partial charge in [0.2, 0.25) is 0 Å². The molecular weight excluding hydrogens is 933 g/mol. The van der Waals surface area contributed by atoms with Gasteiger partial charge in [-0.3, -0.25) is 9.59 Å². The maximum atomic E-state index is 12.4. The van der Waals surface area contributed by atoms with Gasteiger partial charge in [0.1, 0.15) is 6.61 Å². The van der Waals surface area contributed by atoms with Gasteiger partial charge in [-0.2, -0.15) is 0 Å². The molecule has 1 atom stereocenters. The van der Waals surface area contributed by atoms with Crippen LogP contribution in [0, 0.1) is 0 Å². The molecule has 0 bridgehead atoms. The summed E-state index contributed by atoms with van der Waals surface area (Å²) in [5.41, 5.74) is 0. The van der Waals surface area contributed by atoms with E-state index in [0.29, 0.717) is 12.8 Å². The fourth-order valence-corrected chi connectivity index (χ4v) is 9.99. The van der Waals surface area contributed by atoms with E-state index in [1.165, 1.54) is 250 Å². The zero-order chi connectivity index (χ0) is 54.8. The van der Waals surface area contributed by atoms with Crippen molar-refractivity contribution in [3.8, 4) is 0 Å². The van der Waals surface area contributed by atoms with Crippen LogP contribution in [0.5, 0.6) is 0 Å². The molecule has 5 heteroatoms. The Labute approximate surface area is 473 Å². The fourth-order valence-electron chi connectivity index (χ4n) is 9.99. The predicted octanol–water partition coefficient (Wildman–Crippen LogP) is 23.1. The van der Waals surface area contributed by atoms with Crippen molar-refractivity contribution in [2.24, 2.45) is 0 Å². The topological polar surface area (TPSA) is 72.8 Å². The maximum Gasteiger partial charge on any atom is 0.306 e. The molecule has 0 radical (unpaired) electrons. The van der Waals surface area contributed by atoms with Crippen molar-refractivity contribution in [2.75, 3.05) is 13.2 Å². The third kappa shape index (κ3) is 63.9. The van der Waals surface area contributed by atoms with Crippen LogP contribution in [0.15, 0.2) is 72.9 Å². The van der Waals surface area contributed by atoms with Crippen molar-refractivity contribution in [3.63, 3.8) is 0 Å². The fraction of sp³-hybridized carbons (Fsp3) is 0.803.